The number of rotatable bonds is 5. The first kappa shape index (κ1) is 40.2. The van der Waals surface area contributed by atoms with Crippen molar-refractivity contribution in [2.45, 2.75) is 157 Å². The molecule has 5 saturated carbocycles. The van der Waals surface area contributed by atoms with Crippen LogP contribution in [0.5, 0.6) is 0 Å². The van der Waals surface area contributed by atoms with Gasteiger partial charge in [-0.1, -0.05) is 92.3 Å². The molecule has 6 aliphatic rings. The maximum absolute atomic E-state index is 13.8. The summed E-state index contributed by atoms with van der Waals surface area (Å²) in [6.45, 7) is 19.2. The number of ether oxygens (including phenoxy) is 3. The largest absolute Gasteiger partial charge is 0.454 e. The number of hydrogen-bond acceptors (Lipinski definition) is 8. The fraction of sp³-hybridized carbons (Fsp3) is 0.733. The lowest BCUT2D eigenvalue weighted by molar-refractivity contribution is -0.312. The highest BCUT2D eigenvalue weighted by Crippen LogP contribution is 2.81. The fourth-order valence-corrected chi connectivity index (χ4v) is 13.8. The van der Waals surface area contributed by atoms with Crippen LogP contribution in [0, 0.1) is 50.2 Å². The van der Waals surface area contributed by atoms with Gasteiger partial charge in [0.2, 0.25) is 0 Å². The molecule has 1 saturated heterocycles. The normalized spacial score (nSPS) is 46.5. The zero-order valence-corrected chi connectivity index (χ0v) is 32.8. The maximum Gasteiger partial charge on any atom is 0.333 e. The van der Waals surface area contributed by atoms with Gasteiger partial charge in [-0.25, -0.2) is 9.59 Å². The van der Waals surface area contributed by atoms with E-state index in [2.05, 4.69) is 34.6 Å². The van der Waals surface area contributed by atoms with Gasteiger partial charge in [-0.15, -0.1) is 0 Å². The minimum atomic E-state index is -1.44. The van der Waals surface area contributed by atoms with Crippen molar-refractivity contribution in [3.05, 3.63) is 53.6 Å². The van der Waals surface area contributed by atoms with E-state index < -0.39 is 58.4 Å². The summed E-state index contributed by atoms with van der Waals surface area (Å²) in [5, 5.41) is 36.4. The molecular formula is C45H66O8. The van der Waals surface area contributed by atoms with Crippen molar-refractivity contribution in [1.29, 1.82) is 0 Å². The molecule has 5 aliphatic carbocycles. The van der Waals surface area contributed by atoms with Gasteiger partial charge in [0.25, 0.3) is 0 Å². The summed E-state index contributed by atoms with van der Waals surface area (Å²) in [4.78, 5) is 27.3. The molecule has 1 aromatic rings. The number of benzene rings is 1. The molecule has 3 unspecified atom stereocenters. The zero-order valence-electron chi connectivity index (χ0n) is 32.8. The van der Waals surface area contributed by atoms with Crippen LogP contribution in [0.4, 0.5) is 0 Å². The molecule has 0 amide bonds. The molecule has 8 heteroatoms. The monoisotopic (exact) mass is 734 g/mol. The third-order valence-electron chi connectivity index (χ3n) is 16.8. The molecule has 13 atom stereocenters. The van der Waals surface area contributed by atoms with Crippen molar-refractivity contribution < 1.29 is 39.1 Å². The van der Waals surface area contributed by atoms with Crippen molar-refractivity contribution in [3.8, 4) is 0 Å². The predicted octanol–water partition coefficient (Wildman–Crippen LogP) is 8.03. The number of aliphatic hydroxyl groups is 3. The standard InChI is InChI=1S/C44H62O8.CH4/c1-10-26(2)36(48)51-34-35(50-33(47)17-16-27-14-12-11-13-15-27)44-30(24-38(34,3)4)43(52-37(44)49)23-19-29-40(7)21-20-31(45)39(5,6)28(40)18-22-41(29,8)42(43,9)25-32(44)46;/h10-17,28-32,34-35,37,45-46,49H,18-25H2,1-9H3;1H4/b17-16-,26-10-;/t28?,29?,30?,31-,32+,34-,35-,37-,40-,41+,42-,43-,44+;/m0./s1. The van der Waals surface area contributed by atoms with E-state index in [1.165, 1.54) is 6.08 Å². The van der Waals surface area contributed by atoms with Crippen molar-refractivity contribution >= 4 is 18.0 Å². The molecule has 1 spiro atoms. The molecule has 1 heterocycles. The van der Waals surface area contributed by atoms with Crippen LogP contribution in [0.2, 0.25) is 0 Å². The molecular weight excluding hydrogens is 668 g/mol. The average molecular weight is 735 g/mol. The second-order valence-corrected chi connectivity index (χ2v) is 19.5. The van der Waals surface area contributed by atoms with Crippen molar-refractivity contribution in [3.63, 3.8) is 0 Å². The van der Waals surface area contributed by atoms with Gasteiger partial charge in [0.05, 0.1) is 23.2 Å². The Morgan fingerprint density at radius 2 is 1.47 bits per heavy atom. The van der Waals surface area contributed by atoms with Gasteiger partial charge in [0.1, 0.15) is 6.10 Å². The van der Waals surface area contributed by atoms with Crippen LogP contribution in [-0.2, 0) is 23.8 Å². The highest BCUT2D eigenvalue weighted by Gasteiger charge is 2.85. The molecule has 294 valence electrons. The number of esters is 2. The molecule has 0 aromatic heterocycles. The van der Waals surface area contributed by atoms with Crippen molar-refractivity contribution in [1.82, 2.24) is 0 Å². The molecule has 53 heavy (non-hydrogen) atoms. The molecule has 1 aliphatic heterocycles. The van der Waals surface area contributed by atoms with E-state index in [1.807, 2.05) is 44.2 Å². The molecule has 6 fully saturated rings. The first-order chi connectivity index (χ1) is 24.3. The Kier molecular flexibility index (Phi) is 9.87. The Labute approximate surface area is 317 Å². The highest BCUT2D eigenvalue weighted by molar-refractivity contribution is 5.88. The van der Waals surface area contributed by atoms with Crippen LogP contribution in [0.25, 0.3) is 6.08 Å². The second-order valence-electron chi connectivity index (χ2n) is 19.5. The lowest BCUT2D eigenvalue weighted by Gasteiger charge is -2.75. The van der Waals surface area contributed by atoms with Gasteiger partial charge >= 0.3 is 11.9 Å². The Balaban J connectivity index is 0.00000481. The lowest BCUT2D eigenvalue weighted by Crippen LogP contribution is -2.77. The average Bonchev–Trinajstić information content (AvgIpc) is 3.29. The first-order valence-corrected chi connectivity index (χ1v) is 19.8. The first-order valence-electron chi connectivity index (χ1n) is 19.8. The second kappa shape index (κ2) is 13.0. The van der Waals surface area contributed by atoms with Crippen LogP contribution in [0.15, 0.2) is 48.1 Å². The SMILES string of the molecule is C.C/C=C(/C)C(=O)O[C@H]1[C@H](OC(=O)/C=C\c2ccccc2)[C@@]23C(CC1(C)C)[C@]1(CCC4[C@@]5(C)CC[C@H](O)C(C)(C)C5CC[C@@]4(C)[C@]1(C)C[C@H]2O)O[C@@H]3O. The third kappa shape index (κ3) is 5.27. The van der Waals surface area contributed by atoms with Crippen molar-refractivity contribution in [2.75, 3.05) is 0 Å². The van der Waals surface area contributed by atoms with Gasteiger partial charge in [-0.2, -0.15) is 0 Å². The molecule has 8 nitrogen and oxygen atoms in total. The minimum Gasteiger partial charge on any atom is -0.454 e. The van der Waals surface area contributed by atoms with Crippen LogP contribution in [0.3, 0.4) is 0 Å². The summed E-state index contributed by atoms with van der Waals surface area (Å²) in [6.07, 6.45) is 5.90. The van der Waals surface area contributed by atoms with Gasteiger partial charge in [0, 0.05) is 28.4 Å². The van der Waals surface area contributed by atoms with E-state index in [0.717, 1.165) is 37.7 Å². The van der Waals surface area contributed by atoms with Crippen LogP contribution >= 0.6 is 0 Å². The van der Waals surface area contributed by atoms with Gasteiger partial charge in [-0.3, -0.25) is 0 Å². The van der Waals surface area contributed by atoms with Crippen LogP contribution in [-0.4, -0.2) is 63.6 Å². The quantitative estimate of drug-likeness (QED) is 0.205. The molecule has 0 radical (unpaired) electrons. The number of fused-ring (bicyclic) bond motifs is 4. The zero-order chi connectivity index (χ0) is 37.9. The molecule has 2 bridgehead atoms. The number of aliphatic hydroxyl groups excluding tert-OH is 3. The van der Waals surface area contributed by atoms with Crippen LogP contribution < -0.4 is 0 Å². The smallest absolute Gasteiger partial charge is 0.333 e. The Bertz CT molecular complexity index is 1650. The van der Waals surface area contributed by atoms with Gasteiger partial charge < -0.3 is 29.5 Å². The third-order valence-corrected chi connectivity index (χ3v) is 16.8. The van der Waals surface area contributed by atoms with E-state index in [1.54, 1.807) is 26.0 Å². The molecule has 1 aromatic carbocycles. The van der Waals surface area contributed by atoms with Gasteiger partial charge in [0.15, 0.2) is 12.4 Å². The van der Waals surface area contributed by atoms with E-state index in [0.29, 0.717) is 36.7 Å². The summed E-state index contributed by atoms with van der Waals surface area (Å²) >= 11 is 0. The molecule has 3 N–H and O–H groups in total. The predicted molar refractivity (Wildman–Crippen MR) is 205 cm³/mol. The van der Waals surface area contributed by atoms with E-state index in [4.69, 9.17) is 14.2 Å². The van der Waals surface area contributed by atoms with Gasteiger partial charge in [-0.05, 0) is 105 Å². The van der Waals surface area contributed by atoms with Crippen LogP contribution in [0.1, 0.15) is 127 Å². The maximum atomic E-state index is 13.8. The topological polar surface area (TPSA) is 123 Å². The minimum absolute atomic E-state index is 0. The summed E-state index contributed by atoms with van der Waals surface area (Å²) in [5.74, 6) is -0.817. The number of carbonyl (C=O) groups is 2. The highest BCUT2D eigenvalue weighted by atomic mass is 16.6. The summed E-state index contributed by atoms with van der Waals surface area (Å²) in [5.41, 5.74) is -2.60. The Morgan fingerprint density at radius 3 is 2.13 bits per heavy atom. The summed E-state index contributed by atoms with van der Waals surface area (Å²) in [6, 6.07) is 9.45. The van der Waals surface area contributed by atoms with E-state index in [9.17, 15) is 24.9 Å². The Hall–Kier alpha value is -2.52. The fourth-order valence-electron chi connectivity index (χ4n) is 13.8. The summed E-state index contributed by atoms with van der Waals surface area (Å²) < 4.78 is 19.8. The molecule has 7 rings (SSSR count). The van der Waals surface area contributed by atoms with E-state index in [-0.39, 0.29) is 35.7 Å². The van der Waals surface area contributed by atoms with E-state index >= 15 is 0 Å². The number of allylic oxidation sites excluding steroid dienone is 1. The number of hydrogen-bond donors (Lipinski definition) is 3. The van der Waals surface area contributed by atoms with Crippen molar-refractivity contribution in [2.24, 2.45) is 50.2 Å². The number of carbonyl (C=O) groups excluding carboxylic acids is 2. The Morgan fingerprint density at radius 1 is 0.811 bits per heavy atom. The summed E-state index contributed by atoms with van der Waals surface area (Å²) in [7, 11) is 0. The lowest BCUT2D eigenvalue weighted by atomic mass is 9.30.